The van der Waals surface area contributed by atoms with Crippen molar-refractivity contribution in [2.75, 3.05) is 12.8 Å². The summed E-state index contributed by atoms with van der Waals surface area (Å²) < 4.78 is 5.11. The summed E-state index contributed by atoms with van der Waals surface area (Å²) in [5.74, 6) is -0.0420. The number of anilines is 1. The third kappa shape index (κ3) is 2.88. The molecule has 1 fully saturated rings. The van der Waals surface area contributed by atoms with Gasteiger partial charge in [-0.2, -0.15) is 0 Å². The Balaban J connectivity index is 1.76. The predicted molar refractivity (Wildman–Crippen MR) is 90.5 cm³/mol. The molecule has 2 aromatic rings. The van der Waals surface area contributed by atoms with Gasteiger partial charge in [0.2, 0.25) is 0 Å². The lowest BCUT2D eigenvalue weighted by molar-refractivity contribution is -0.149. The molecule has 1 heterocycles. The summed E-state index contributed by atoms with van der Waals surface area (Å²) in [5.41, 5.74) is 9.98. The molecular weight excluding hydrogens is 330 g/mol. The summed E-state index contributed by atoms with van der Waals surface area (Å²) in [6.07, 6.45) is 0. The third-order valence-electron chi connectivity index (χ3n) is 3.88. The van der Waals surface area contributed by atoms with Crippen LogP contribution in [0.4, 0.5) is 5.69 Å². The number of hydrogen-bond donors (Lipinski definition) is 2. The van der Waals surface area contributed by atoms with E-state index in [2.05, 4.69) is 5.43 Å². The molecule has 0 radical (unpaired) electrons. The average Bonchev–Trinajstić information content (AvgIpc) is 2.61. The summed E-state index contributed by atoms with van der Waals surface area (Å²) in [6, 6.07) is 13.2. The maximum Gasteiger partial charge on any atom is 0.269 e. The van der Waals surface area contributed by atoms with Crippen LogP contribution in [0.5, 0.6) is 5.75 Å². The lowest BCUT2D eigenvalue weighted by Gasteiger charge is -2.43. The third-order valence-corrected chi connectivity index (χ3v) is 4.31. The molecule has 3 N–H and O–H groups in total. The molecule has 2 aromatic carbocycles. The molecule has 2 atom stereocenters. The monoisotopic (exact) mass is 345 g/mol. The maximum absolute atomic E-state index is 12.3. The predicted octanol–water partition coefficient (Wildman–Crippen LogP) is 2.11. The van der Waals surface area contributed by atoms with E-state index in [1.54, 1.807) is 43.5 Å². The quantitative estimate of drug-likeness (QED) is 0.505. The van der Waals surface area contributed by atoms with E-state index in [1.807, 2.05) is 12.1 Å². The number of ether oxygens (including phenoxy) is 1. The number of rotatable bonds is 4. The van der Waals surface area contributed by atoms with Gasteiger partial charge in [0.05, 0.1) is 7.11 Å². The maximum atomic E-state index is 12.3. The number of carbonyl (C=O) groups is 2. The lowest BCUT2D eigenvalue weighted by Crippen LogP contribution is -2.63. The molecule has 0 bridgehead atoms. The number of alkyl halides is 1. The molecule has 0 aliphatic carbocycles. The van der Waals surface area contributed by atoms with Gasteiger partial charge in [-0.1, -0.05) is 12.1 Å². The van der Waals surface area contributed by atoms with Crippen molar-refractivity contribution in [3.05, 3.63) is 59.7 Å². The first-order chi connectivity index (χ1) is 11.5. The first-order valence-electron chi connectivity index (χ1n) is 7.29. The fraction of sp³-hybridized carbons (Fsp3) is 0.176. The van der Waals surface area contributed by atoms with Gasteiger partial charge in [-0.05, 0) is 42.0 Å². The van der Waals surface area contributed by atoms with Crippen molar-refractivity contribution in [1.29, 1.82) is 0 Å². The largest absolute Gasteiger partial charge is 0.497 e. The first kappa shape index (κ1) is 16.1. The average molecular weight is 346 g/mol. The normalized spacial score (nSPS) is 19.6. The molecule has 7 heteroatoms. The molecule has 24 heavy (non-hydrogen) atoms. The van der Waals surface area contributed by atoms with E-state index in [0.29, 0.717) is 17.0 Å². The summed E-state index contributed by atoms with van der Waals surface area (Å²) in [7, 11) is 1.57. The van der Waals surface area contributed by atoms with Crippen LogP contribution >= 0.6 is 11.6 Å². The van der Waals surface area contributed by atoms with Crippen molar-refractivity contribution in [2.24, 2.45) is 0 Å². The Bertz CT molecular complexity index is 762. The second kappa shape index (κ2) is 6.41. The van der Waals surface area contributed by atoms with Gasteiger partial charge in [-0.15, -0.1) is 11.6 Å². The number of nitrogens with two attached hydrogens (primary N) is 1. The first-order valence-corrected chi connectivity index (χ1v) is 7.72. The summed E-state index contributed by atoms with van der Waals surface area (Å²) >= 11 is 6.13. The van der Waals surface area contributed by atoms with Gasteiger partial charge in [-0.3, -0.25) is 15.0 Å². The number of β-lactam (4-membered cyclic amide) rings is 1. The number of nitrogens with one attached hydrogen (secondary N) is 1. The highest BCUT2D eigenvalue weighted by atomic mass is 35.5. The minimum absolute atomic E-state index is 0.346. The van der Waals surface area contributed by atoms with Crippen LogP contribution in [0.3, 0.4) is 0 Å². The molecule has 124 valence electrons. The Morgan fingerprint density at radius 2 is 1.79 bits per heavy atom. The van der Waals surface area contributed by atoms with Crippen LogP contribution < -0.4 is 15.9 Å². The Morgan fingerprint density at radius 3 is 2.38 bits per heavy atom. The molecular formula is C17H16ClN3O3. The van der Waals surface area contributed by atoms with Crippen LogP contribution in [-0.4, -0.2) is 29.3 Å². The molecule has 0 saturated carbocycles. The molecule has 0 spiro atoms. The number of halogens is 1. The summed E-state index contributed by atoms with van der Waals surface area (Å²) in [5, 5.41) is 0.531. The number of nitrogens with zero attached hydrogens (tertiary/aromatic N) is 1. The van der Waals surface area contributed by atoms with E-state index in [9.17, 15) is 9.59 Å². The number of amides is 2. The standard InChI is InChI=1S/C17H16ClN3O3/c1-24-13-8-4-10(5-9-13)15-14(18)17(23)21(15)20-16(22)11-2-6-12(19)7-3-11/h2-9,14-15H,19H2,1H3,(H,20,22)/t14-,15-/m0/s1. The van der Waals surface area contributed by atoms with Crippen LogP contribution in [-0.2, 0) is 4.79 Å². The van der Waals surface area contributed by atoms with E-state index in [-0.39, 0.29) is 5.91 Å². The Hall–Kier alpha value is -2.73. The molecule has 1 aliphatic heterocycles. The molecule has 6 nitrogen and oxygen atoms in total. The van der Waals surface area contributed by atoms with Crippen LogP contribution in [0.1, 0.15) is 22.0 Å². The van der Waals surface area contributed by atoms with Crippen LogP contribution in [0.25, 0.3) is 0 Å². The van der Waals surface area contributed by atoms with Gasteiger partial charge in [0.15, 0.2) is 0 Å². The van der Waals surface area contributed by atoms with Crippen molar-refractivity contribution in [3.63, 3.8) is 0 Å². The molecule has 0 unspecified atom stereocenters. The number of carbonyl (C=O) groups excluding carboxylic acids is 2. The van der Waals surface area contributed by atoms with E-state index in [4.69, 9.17) is 22.1 Å². The smallest absolute Gasteiger partial charge is 0.269 e. The van der Waals surface area contributed by atoms with Gasteiger partial charge >= 0.3 is 0 Å². The highest BCUT2D eigenvalue weighted by Gasteiger charge is 2.48. The second-order valence-corrected chi connectivity index (χ2v) is 5.86. The van der Waals surface area contributed by atoms with Crippen LogP contribution in [0.2, 0.25) is 0 Å². The second-order valence-electron chi connectivity index (χ2n) is 5.39. The van der Waals surface area contributed by atoms with Gasteiger partial charge < -0.3 is 10.5 Å². The van der Waals surface area contributed by atoms with Crippen LogP contribution in [0.15, 0.2) is 48.5 Å². The summed E-state index contributed by atoms with van der Waals surface area (Å²) in [6.45, 7) is 0. The number of hydrogen-bond acceptors (Lipinski definition) is 4. The Labute approximate surface area is 144 Å². The van der Waals surface area contributed by atoms with Crippen LogP contribution in [0, 0.1) is 0 Å². The number of hydrazine groups is 1. The van der Waals surface area contributed by atoms with Crippen molar-refractivity contribution in [2.45, 2.75) is 11.4 Å². The van der Waals surface area contributed by atoms with Crippen molar-refractivity contribution in [3.8, 4) is 5.75 Å². The minimum Gasteiger partial charge on any atom is -0.497 e. The van der Waals surface area contributed by atoms with Gasteiger partial charge in [0.25, 0.3) is 11.8 Å². The zero-order valence-corrected chi connectivity index (χ0v) is 13.7. The fourth-order valence-corrected chi connectivity index (χ4v) is 2.87. The lowest BCUT2D eigenvalue weighted by atomic mass is 9.95. The van der Waals surface area contributed by atoms with Crippen molar-refractivity contribution < 1.29 is 14.3 Å². The number of nitrogen functional groups attached to an aromatic ring is 1. The Morgan fingerprint density at radius 1 is 1.17 bits per heavy atom. The van der Waals surface area contributed by atoms with Crippen molar-refractivity contribution >= 4 is 29.1 Å². The Kier molecular flexibility index (Phi) is 4.31. The highest BCUT2D eigenvalue weighted by Crippen LogP contribution is 2.37. The zero-order valence-electron chi connectivity index (χ0n) is 12.9. The topological polar surface area (TPSA) is 84.7 Å². The van der Waals surface area contributed by atoms with E-state index in [0.717, 1.165) is 5.56 Å². The SMILES string of the molecule is COc1ccc([C@H]2[C@H](Cl)C(=O)N2NC(=O)c2ccc(N)cc2)cc1. The fourth-order valence-electron chi connectivity index (χ4n) is 2.51. The molecule has 1 aliphatic rings. The molecule has 0 aromatic heterocycles. The highest BCUT2D eigenvalue weighted by molar-refractivity contribution is 6.33. The number of methoxy groups -OCH3 is 1. The van der Waals surface area contributed by atoms with Gasteiger partial charge in [0, 0.05) is 11.3 Å². The molecule has 3 rings (SSSR count). The zero-order chi connectivity index (χ0) is 17.3. The van der Waals surface area contributed by atoms with Crippen molar-refractivity contribution in [1.82, 2.24) is 10.4 Å². The van der Waals surface area contributed by atoms with Gasteiger partial charge in [0.1, 0.15) is 17.2 Å². The molecule has 1 saturated heterocycles. The van der Waals surface area contributed by atoms with E-state index in [1.165, 1.54) is 5.01 Å². The molecule has 2 amide bonds. The number of benzene rings is 2. The summed E-state index contributed by atoms with van der Waals surface area (Å²) in [4.78, 5) is 24.3. The van der Waals surface area contributed by atoms with E-state index < -0.39 is 17.3 Å². The van der Waals surface area contributed by atoms with Gasteiger partial charge in [-0.25, -0.2) is 5.01 Å². The van der Waals surface area contributed by atoms with E-state index >= 15 is 0 Å². The minimum atomic E-state index is -0.717.